The molecule has 0 saturated heterocycles. The lowest BCUT2D eigenvalue weighted by Crippen LogP contribution is -2.19. The molecule has 0 radical (unpaired) electrons. The summed E-state index contributed by atoms with van der Waals surface area (Å²) >= 11 is 0. The van der Waals surface area contributed by atoms with Crippen molar-refractivity contribution in [2.45, 2.75) is 18.4 Å². The quantitative estimate of drug-likeness (QED) is 0.798. The van der Waals surface area contributed by atoms with Gasteiger partial charge in [-0.2, -0.15) is 5.10 Å². The van der Waals surface area contributed by atoms with E-state index < -0.39 is 0 Å². The Morgan fingerprint density at radius 1 is 1.24 bits per heavy atom. The molecule has 1 saturated carbocycles. The maximum atomic E-state index is 4.43. The Hall–Kier alpha value is -2.20. The van der Waals surface area contributed by atoms with Crippen LogP contribution in [0.25, 0.3) is 5.52 Å². The van der Waals surface area contributed by atoms with E-state index in [0.29, 0.717) is 17.9 Å². The molecule has 2 heterocycles. The average molecular weight is 278 g/mol. The molecule has 4 heteroatoms. The third-order valence-electron chi connectivity index (χ3n) is 4.50. The second-order valence-corrected chi connectivity index (χ2v) is 5.69. The molecule has 21 heavy (non-hydrogen) atoms. The largest absolute Gasteiger partial charge is 0.313 e. The third-order valence-corrected chi connectivity index (χ3v) is 4.50. The zero-order chi connectivity index (χ0) is 14.2. The lowest BCUT2D eigenvalue weighted by atomic mass is 10.0. The van der Waals surface area contributed by atoms with Crippen molar-refractivity contribution in [1.29, 1.82) is 0 Å². The molecular formula is C17H18N4. The maximum absolute atomic E-state index is 4.43. The highest BCUT2D eigenvalue weighted by atomic mass is 15.2. The Morgan fingerprint density at radius 3 is 2.90 bits per heavy atom. The number of benzene rings is 1. The van der Waals surface area contributed by atoms with Gasteiger partial charge in [0.05, 0.1) is 17.9 Å². The number of hydrogen-bond acceptors (Lipinski definition) is 3. The van der Waals surface area contributed by atoms with Gasteiger partial charge in [0, 0.05) is 24.0 Å². The molecule has 0 spiro atoms. The van der Waals surface area contributed by atoms with E-state index in [2.05, 4.69) is 45.7 Å². The van der Waals surface area contributed by atoms with E-state index >= 15 is 0 Å². The van der Waals surface area contributed by atoms with Gasteiger partial charge in [-0.1, -0.05) is 30.3 Å². The van der Waals surface area contributed by atoms with Gasteiger partial charge in [-0.3, -0.25) is 4.98 Å². The predicted molar refractivity (Wildman–Crippen MR) is 82.1 cm³/mol. The van der Waals surface area contributed by atoms with E-state index in [0.717, 1.165) is 5.52 Å². The number of rotatable bonds is 4. The molecule has 3 unspecified atom stereocenters. The first-order chi connectivity index (χ1) is 10.4. The van der Waals surface area contributed by atoms with Crippen LogP contribution >= 0.6 is 0 Å². The van der Waals surface area contributed by atoms with E-state index in [1.165, 1.54) is 17.5 Å². The number of nitrogens with zero attached hydrogens (tertiary/aromatic N) is 3. The van der Waals surface area contributed by atoms with Crippen molar-refractivity contribution in [1.82, 2.24) is 19.9 Å². The standard InChI is InChI=1S/C17H18N4/c1-18-17(14-9-13(14)12-5-3-2-4-6-12)15-10-20-21-8-7-19-11-16(15)21/h2-8,10-11,13-14,17-18H,9H2,1H3. The minimum atomic E-state index is 0.330. The predicted octanol–water partition coefficient (Wildman–Crippen LogP) is 2.79. The molecular weight excluding hydrogens is 260 g/mol. The molecule has 3 aromatic rings. The van der Waals surface area contributed by atoms with Gasteiger partial charge in [0.15, 0.2) is 0 Å². The van der Waals surface area contributed by atoms with Gasteiger partial charge in [0.2, 0.25) is 0 Å². The molecule has 1 N–H and O–H groups in total. The summed E-state index contributed by atoms with van der Waals surface area (Å²) in [5.74, 6) is 1.28. The fraction of sp³-hybridized carbons (Fsp3) is 0.294. The Balaban J connectivity index is 1.65. The molecule has 0 amide bonds. The average Bonchev–Trinajstić information content (AvgIpc) is 3.22. The van der Waals surface area contributed by atoms with Gasteiger partial charge < -0.3 is 5.32 Å². The first-order valence-corrected chi connectivity index (χ1v) is 7.38. The topological polar surface area (TPSA) is 42.2 Å². The molecule has 106 valence electrons. The fourth-order valence-electron chi connectivity index (χ4n) is 3.36. The Kier molecular flexibility index (Phi) is 2.97. The van der Waals surface area contributed by atoms with Gasteiger partial charge in [-0.15, -0.1) is 0 Å². The Labute approximate surface area is 123 Å². The Bertz CT molecular complexity index is 750. The van der Waals surface area contributed by atoms with E-state index in [1.54, 1.807) is 6.20 Å². The zero-order valence-corrected chi connectivity index (χ0v) is 12.0. The molecule has 1 aliphatic carbocycles. The fourth-order valence-corrected chi connectivity index (χ4v) is 3.36. The normalized spacial score (nSPS) is 22.3. The first-order valence-electron chi connectivity index (χ1n) is 7.38. The van der Waals surface area contributed by atoms with Crippen molar-refractivity contribution < 1.29 is 0 Å². The molecule has 4 nitrogen and oxygen atoms in total. The van der Waals surface area contributed by atoms with Crippen molar-refractivity contribution in [3.8, 4) is 0 Å². The molecule has 1 aliphatic rings. The Morgan fingerprint density at radius 2 is 2.10 bits per heavy atom. The van der Waals surface area contributed by atoms with Crippen LogP contribution in [0.3, 0.4) is 0 Å². The molecule has 1 aromatic carbocycles. The summed E-state index contributed by atoms with van der Waals surface area (Å²) in [4.78, 5) is 4.23. The summed E-state index contributed by atoms with van der Waals surface area (Å²) in [6, 6.07) is 11.1. The lowest BCUT2D eigenvalue weighted by molar-refractivity contribution is 0.521. The van der Waals surface area contributed by atoms with E-state index in [-0.39, 0.29) is 0 Å². The molecule has 1 fully saturated rings. The maximum Gasteiger partial charge on any atom is 0.0892 e. The van der Waals surface area contributed by atoms with Crippen molar-refractivity contribution >= 4 is 5.52 Å². The SMILES string of the molecule is CNC(c1cnn2ccncc12)C1CC1c1ccccc1. The molecule has 0 bridgehead atoms. The van der Waals surface area contributed by atoms with Crippen molar-refractivity contribution in [2.75, 3.05) is 7.05 Å². The highest BCUT2D eigenvalue weighted by molar-refractivity contribution is 5.54. The van der Waals surface area contributed by atoms with Crippen LogP contribution in [0.2, 0.25) is 0 Å². The number of nitrogens with one attached hydrogen (secondary N) is 1. The number of hydrogen-bond donors (Lipinski definition) is 1. The number of fused-ring (bicyclic) bond motifs is 1. The smallest absolute Gasteiger partial charge is 0.0892 e. The van der Waals surface area contributed by atoms with Crippen molar-refractivity contribution in [3.05, 3.63) is 66.2 Å². The van der Waals surface area contributed by atoms with Crippen LogP contribution in [0.15, 0.2) is 55.1 Å². The summed E-state index contributed by atoms with van der Waals surface area (Å²) in [5.41, 5.74) is 3.78. The van der Waals surface area contributed by atoms with Gasteiger partial charge >= 0.3 is 0 Å². The first kappa shape index (κ1) is 12.5. The third kappa shape index (κ3) is 2.12. The van der Waals surface area contributed by atoms with E-state index in [4.69, 9.17) is 0 Å². The van der Waals surface area contributed by atoms with Crippen molar-refractivity contribution in [2.24, 2.45) is 5.92 Å². The van der Waals surface area contributed by atoms with Gasteiger partial charge in [0.1, 0.15) is 0 Å². The van der Waals surface area contributed by atoms with Gasteiger partial charge in [-0.05, 0) is 30.9 Å². The van der Waals surface area contributed by atoms with E-state index in [9.17, 15) is 0 Å². The highest BCUT2D eigenvalue weighted by Crippen LogP contribution is 2.54. The zero-order valence-electron chi connectivity index (χ0n) is 12.0. The second-order valence-electron chi connectivity index (χ2n) is 5.69. The van der Waals surface area contributed by atoms with Crippen LogP contribution in [-0.4, -0.2) is 21.6 Å². The molecule has 3 atom stereocenters. The van der Waals surface area contributed by atoms with Crippen LogP contribution in [0.1, 0.15) is 29.5 Å². The summed E-state index contributed by atoms with van der Waals surface area (Å²) in [5, 5.41) is 7.91. The second kappa shape index (κ2) is 4.97. The van der Waals surface area contributed by atoms with Gasteiger partial charge in [0.25, 0.3) is 0 Å². The molecule has 2 aromatic heterocycles. The number of aromatic nitrogens is 3. The monoisotopic (exact) mass is 278 g/mol. The van der Waals surface area contributed by atoms with Crippen LogP contribution in [0, 0.1) is 5.92 Å². The van der Waals surface area contributed by atoms with Crippen LogP contribution in [0.5, 0.6) is 0 Å². The highest BCUT2D eigenvalue weighted by Gasteiger charge is 2.44. The molecule has 4 rings (SSSR count). The van der Waals surface area contributed by atoms with Gasteiger partial charge in [-0.25, -0.2) is 4.52 Å². The summed E-state index contributed by atoms with van der Waals surface area (Å²) in [6.07, 6.45) is 8.76. The van der Waals surface area contributed by atoms with E-state index in [1.807, 2.05) is 30.2 Å². The summed E-state index contributed by atoms with van der Waals surface area (Å²) < 4.78 is 1.90. The minimum Gasteiger partial charge on any atom is -0.313 e. The van der Waals surface area contributed by atoms with Crippen LogP contribution < -0.4 is 5.32 Å². The minimum absolute atomic E-state index is 0.330. The summed E-state index contributed by atoms with van der Waals surface area (Å²) in [6.45, 7) is 0. The van der Waals surface area contributed by atoms with Crippen LogP contribution in [0.4, 0.5) is 0 Å². The summed E-state index contributed by atoms with van der Waals surface area (Å²) in [7, 11) is 2.03. The van der Waals surface area contributed by atoms with Crippen molar-refractivity contribution in [3.63, 3.8) is 0 Å². The molecule has 0 aliphatic heterocycles. The lowest BCUT2D eigenvalue weighted by Gasteiger charge is -2.15. The van der Waals surface area contributed by atoms with Crippen LogP contribution in [-0.2, 0) is 0 Å².